The number of likely N-dealkylation sites (tertiary alicyclic amines) is 1. The van der Waals surface area contributed by atoms with E-state index in [-0.39, 0.29) is 36.9 Å². The predicted octanol–water partition coefficient (Wildman–Crippen LogP) is 1.92. The second kappa shape index (κ2) is 10.5. The summed E-state index contributed by atoms with van der Waals surface area (Å²) in [6, 6.07) is 11.9. The molecule has 1 fully saturated rings. The van der Waals surface area contributed by atoms with Crippen molar-refractivity contribution in [1.82, 2.24) is 10.2 Å². The van der Waals surface area contributed by atoms with E-state index in [0.717, 1.165) is 0 Å². The molecule has 0 bridgehead atoms. The number of rotatable bonds is 7. The van der Waals surface area contributed by atoms with Crippen LogP contribution in [-0.4, -0.2) is 48.2 Å². The van der Waals surface area contributed by atoms with Gasteiger partial charge in [-0.3, -0.25) is 19.2 Å². The van der Waals surface area contributed by atoms with Crippen molar-refractivity contribution in [3.63, 3.8) is 0 Å². The van der Waals surface area contributed by atoms with Crippen molar-refractivity contribution < 1.29 is 23.6 Å². The Hall–Kier alpha value is -3.75. The van der Waals surface area contributed by atoms with Crippen molar-refractivity contribution in [2.45, 2.75) is 19.3 Å². The van der Waals surface area contributed by atoms with Crippen LogP contribution in [0.25, 0.3) is 0 Å². The maximum atomic E-state index is 13.1. The zero-order valence-electron chi connectivity index (χ0n) is 17.5. The Morgan fingerprint density at radius 1 is 1.06 bits per heavy atom. The van der Waals surface area contributed by atoms with Gasteiger partial charge in [0, 0.05) is 31.6 Å². The first kappa shape index (κ1) is 22.9. The van der Waals surface area contributed by atoms with Crippen molar-refractivity contribution in [1.29, 1.82) is 0 Å². The van der Waals surface area contributed by atoms with Crippen LogP contribution in [0.2, 0.25) is 0 Å². The molecule has 4 amide bonds. The first-order chi connectivity index (χ1) is 15.3. The van der Waals surface area contributed by atoms with Gasteiger partial charge in [-0.15, -0.1) is 0 Å². The summed E-state index contributed by atoms with van der Waals surface area (Å²) in [5.74, 6) is -2.37. The van der Waals surface area contributed by atoms with E-state index in [1.165, 1.54) is 24.3 Å². The number of benzene rings is 2. The van der Waals surface area contributed by atoms with Gasteiger partial charge in [0.25, 0.3) is 11.8 Å². The molecule has 1 heterocycles. The highest BCUT2D eigenvalue weighted by Gasteiger charge is 2.29. The Morgan fingerprint density at radius 2 is 1.78 bits per heavy atom. The molecule has 2 aromatic rings. The number of halogens is 1. The molecular weight excluding hydrogens is 415 g/mol. The molecule has 1 atom stereocenters. The lowest BCUT2D eigenvalue weighted by molar-refractivity contribution is -0.121. The van der Waals surface area contributed by atoms with Gasteiger partial charge in [-0.2, -0.15) is 0 Å². The van der Waals surface area contributed by atoms with Gasteiger partial charge in [0.05, 0.1) is 17.2 Å². The van der Waals surface area contributed by atoms with Gasteiger partial charge in [-0.25, -0.2) is 4.39 Å². The molecule has 8 nitrogen and oxygen atoms in total. The summed E-state index contributed by atoms with van der Waals surface area (Å²) in [5.41, 5.74) is 6.05. The van der Waals surface area contributed by atoms with E-state index in [0.29, 0.717) is 30.6 Å². The molecule has 1 unspecified atom stereocenters. The summed E-state index contributed by atoms with van der Waals surface area (Å²) >= 11 is 0. The number of carbonyl (C=O) groups is 4. The van der Waals surface area contributed by atoms with Crippen LogP contribution in [0.3, 0.4) is 0 Å². The van der Waals surface area contributed by atoms with Gasteiger partial charge >= 0.3 is 0 Å². The lowest BCUT2D eigenvalue weighted by Crippen LogP contribution is -2.44. The predicted molar refractivity (Wildman–Crippen MR) is 116 cm³/mol. The SMILES string of the molecule is NC(=O)CCNC(=O)c1ccccc1NC(=O)C1CCCN(C(=O)c2ccc(F)cc2)C1. The maximum Gasteiger partial charge on any atom is 0.253 e. The van der Waals surface area contributed by atoms with Crippen LogP contribution in [0.4, 0.5) is 10.1 Å². The lowest BCUT2D eigenvalue weighted by Gasteiger charge is -2.32. The number of piperidine rings is 1. The van der Waals surface area contributed by atoms with Crippen molar-refractivity contribution in [3.05, 3.63) is 65.5 Å². The standard InChI is InChI=1S/C23H25FN4O4/c24-17-9-7-15(8-10-17)23(32)28-13-3-4-16(14-28)21(30)27-19-6-2-1-5-18(19)22(31)26-12-11-20(25)29/h1-2,5-10,16H,3-4,11-14H2,(H2,25,29)(H,26,31)(H,27,30). The normalized spacial score (nSPS) is 15.7. The van der Waals surface area contributed by atoms with E-state index in [1.807, 2.05) is 0 Å². The van der Waals surface area contributed by atoms with Crippen molar-refractivity contribution >= 4 is 29.3 Å². The minimum absolute atomic E-state index is 0.0141. The first-order valence-corrected chi connectivity index (χ1v) is 10.4. The molecule has 1 aliphatic rings. The highest BCUT2D eigenvalue weighted by molar-refractivity contribution is 6.04. The maximum absolute atomic E-state index is 13.1. The Morgan fingerprint density at radius 3 is 2.50 bits per heavy atom. The number of primary amides is 1. The van der Waals surface area contributed by atoms with Crippen LogP contribution < -0.4 is 16.4 Å². The van der Waals surface area contributed by atoms with E-state index in [1.54, 1.807) is 29.2 Å². The number of hydrogen-bond acceptors (Lipinski definition) is 4. The topological polar surface area (TPSA) is 122 Å². The molecule has 0 radical (unpaired) electrons. The van der Waals surface area contributed by atoms with Crippen molar-refractivity contribution in [2.24, 2.45) is 11.7 Å². The van der Waals surface area contributed by atoms with Crippen LogP contribution in [0.5, 0.6) is 0 Å². The summed E-state index contributed by atoms with van der Waals surface area (Å²) in [4.78, 5) is 50.5. The van der Waals surface area contributed by atoms with Gasteiger partial charge < -0.3 is 21.3 Å². The molecule has 2 aromatic carbocycles. The average Bonchev–Trinajstić information content (AvgIpc) is 2.79. The van der Waals surface area contributed by atoms with Crippen LogP contribution in [-0.2, 0) is 9.59 Å². The van der Waals surface area contributed by atoms with Crippen molar-refractivity contribution in [3.8, 4) is 0 Å². The third-order valence-corrected chi connectivity index (χ3v) is 5.26. The molecule has 0 aromatic heterocycles. The number of anilines is 1. The van der Waals surface area contributed by atoms with Crippen LogP contribution in [0.1, 0.15) is 40.0 Å². The minimum Gasteiger partial charge on any atom is -0.370 e. The van der Waals surface area contributed by atoms with Crippen LogP contribution in [0.15, 0.2) is 48.5 Å². The molecule has 0 aliphatic carbocycles. The van der Waals surface area contributed by atoms with Gasteiger partial charge in [-0.1, -0.05) is 12.1 Å². The Labute approximate surface area is 185 Å². The Bertz CT molecular complexity index is 1010. The van der Waals surface area contributed by atoms with Gasteiger partial charge in [-0.05, 0) is 49.2 Å². The van der Waals surface area contributed by atoms with Crippen LogP contribution in [0, 0.1) is 11.7 Å². The smallest absolute Gasteiger partial charge is 0.253 e. The lowest BCUT2D eigenvalue weighted by atomic mass is 9.96. The second-order valence-corrected chi connectivity index (χ2v) is 7.60. The number of amides is 4. The zero-order chi connectivity index (χ0) is 23.1. The van der Waals surface area contributed by atoms with Gasteiger partial charge in [0.1, 0.15) is 5.82 Å². The van der Waals surface area contributed by atoms with Crippen molar-refractivity contribution in [2.75, 3.05) is 25.0 Å². The number of hydrogen-bond donors (Lipinski definition) is 3. The highest BCUT2D eigenvalue weighted by atomic mass is 19.1. The summed E-state index contributed by atoms with van der Waals surface area (Å²) in [6.45, 7) is 0.841. The van der Waals surface area contributed by atoms with Gasteiger partial charge in [0.15, 0.2) is 0 Å². The molecule has 1 saturated heterocycles. The molecule has 4 N–H and O–H groups in total. The summed E-state index contributed by atoms with van der Waals surface area (Å²) < 4.78 is 13.1. The molecule has 32 heavy (non-hydrogen) atoms. The largest absolute Gasteiger partial charge is 0.370 e. The molecule has 168 valence electrons. The molecule has 1 aliphatic heterocycles. The minimum atomic E-state index is -0.524. The van der Waals surface area contributed by atoms with E-state index < -0.39 is 23.5 Å². The number of nitrogens with zero attached hydrogens (tertiary/aromatic N) is 1. The summed E-state index contributed by atoms with van der Waals surface area (Å²) in [7, 11) is 0. The average molecular weight is 440 g/mol. The molecule has 0 spiro atoms. The molecule has 0 saturated carbocycles. The fourth-order valence-corrected chi connectivity index (χ4v) is 3.57. The molecule has 3 rings (SSSR count). The second-order valence-electron chi connectivity index (χ2n) is 7.60. The fraction of sp³-hybridized carbons (Fsp3) is 0.304. The number of nitrogens with one attached hydrogen (secondary N) is 2. The van der Waals surface area contributed by atoms with E-state index in [4.69, 9.17) is 5.73 Å². The molecular formula is C23H25FN4O4. The summed E-state index contributed by atoms with van der Waals surface area (Å²) in [5, 5.41) is 5.39. The zero-order valence-corrected chi connectivity index (χ0v) is 17.5. The van der Waals surface area contributed by atoms with Gasteiger partial charge in [0.2, 0.25) is 11.8 Å². The third-order valence-electron chi connectivity index (χ3n) is 5.26. The third kappa shape index (κ3) is 5.90. The fourth-order valence-electron chi connectivity index (χ4n) is 3.57. The number of para-hydroxylation sites is 1. The van der Waals surface area contributed by atoms with Crippen LogP contribution >= 0.6 is 0 Å². The Balaban J connectivity index is 1.64. The molecule has 9 heteroatoms. The summed E-state index contributed by atoms with van der Waals surface area (Å²) in [6.07, 6.45) is 1.27. The first-order valence-electron chi connectivity index (χ1n) is 10.4. The quantitative estimate of drug-likeness (QED) is 0.609. The Kier molecular flexibility index (Phi) is 7.54. The number of carbonyl (C=O) groups excluding carboxylic acids is 4. The highest BCUT2D eigenvalue weighted by Crippen LogP contribution is 2.22. The monoisotopic (exact) mass is 440 g/mol. The van der Waals surface area contributed by atoms with E-state index >= 15 is 0 Å². The van der Waals surface area contributed by atoms with E-state index in [9.17, 15) is 23.6 Å². The number of nitrogens with two attached hydrogens (primary N) is 1. The van der Waals surface area contributed by atoms with E-state index in [2.05, 4.69) is 10.6 Å².